The summed E-state index contributed by atoms with van der Waals surface area (Å²) in [7, 11) is -0.379. The van der Waals surface area contributed by atoms with Crippen molar-refractivity contribution >= 4 is 39.9 Å². The lowest BCUT2D eigenvalue weighted by atomic mass is 9.95. The Morgan fingerprint density at radius 3 is 2.58 bits per heavy atom. The number of rotatable bonds is 10. The molecule has 3 N–H and O–H groups in total. The normalized spacial score (nSPS) is 13.7. The zero-order valence-corrected chi connectivity index (χ0v) is 25.3. The average Bonchev–Trinajstić information content (AvgIpc) is 3.54. The van der Waals surface area contributed by atoms with Gasteiger partial charge in [0.2, 0.25) is 5.13 Å². The standard InChI is InChI=1S/C31H26ClFN4O4S2/c1-41-27-9-8-20(15-23(27)32)19-3-2-4-21(14-19)29-22(11-18-7-10-28(43(34)40)24(33)12-18)26(13-17-5-6-17)37(36-29)31-35-25(16-42-31)30(38)39/h2-4,7-10,12,14-17H,5-6,11,13,34H2,1H3,(H,38,39). The molecule has 6 rings (SSSR count). The molecular weight excluding hydrogens is 611 g/mol. The Hall–Kier alpha value is -3.90. The van der Waals surface area contributed by atoms with Crippen LogP contribution in [0.15, 0.2) is 70.9 Å². The van der Waals surface area contributed by atoms with Gasteiger partial charge in [0.05, 0.1) is 28.4 Å². The number of hydrogen-bond donors (Lipinski definition) is 2. The van der Waals surface area contributed by atoms with Gasteiger partial charge in [0.25, 0.3) is 0 Å². The number of benzene rings is 3. The molecule has 0 bridgehead atoms. The maximum atomic E-state index is 14.8. The number of aromatic carboxylic acids is 1. The van der Waals surface area contributed by atoms with Crippen LogP contribution in [-0.4, -0.2) is 37.2 Å². The van der Waals surface area contributed by atoms with Gasteiger partial charge in [-0.3, -0.25) is 0 Å². The van der Waals surface area contributed by atoms with Crippen molar-refractivity contribution in [2.45, 2.75) is 30.6 Å². The Kier molecular flexibility index (Phi) is 8.15. The molecule has 0 saturated heterocycles. The van der Waals surface area contributed by atoms with Gasteiger partial charge in [-0.05, 0) is 72.2 Å². The summed E-state index contributed by atoms with van der Waals surface area (Å²) in [4.78, 5) is 15.9. The predicted octanol–water partition coefficient (Wildman–Crippen LogP) is 6.69. The molecule has 0 radical (unpaired) electrons. The summed E-state index contributed by atoms with van der Waals surface area (Å²) in [5.74, 6) is -0.710. The van der Waals surface area contributed by atoms with Crippen LogP contribution in [0.1, 0.15) is 40.2 Å². The summed E-state index contributed by atoms with van der Waals surface area (Å²) in [6.45, 7) is 0. The van der Waals surface area contributed by atoms with E-state index < -0.39 is 22.8 Å². The van der Waals surface area contributed by atoms with Crippen LogP contribution in [0, 0.1) is 11.7 Å². The van der Waals surface area contributed by atoms with Gasteiger partial charge in [0.15, 0.2) is 5.69 Å². The third-order valence-corrected chi connectivity index (χ3v) is 9.25. The lowest BCUT2D eigenvalue weighted by Crippen LogP contribution is -2.07. The van der Waals surface area contributed by atoms with Crippen LogP contribution < -0.4 is 9.88 Å². The summed E-state index contributed by atoms with van der Waals surface area (Å²) in [5.41, 5.74) is 5.69. The van der Waals surface area contributed by atoms with E-state index in [4.69, 9.17) is 26.6 Å². The van der Waals surface area contributed by atoms with E-state index >= 15 is 0 Å². The van der Waals surface area contributed by atoms with Gasteiger partial charge in [0, 0.05) is 22.9 Å². The second-order valence-corrected chi connectivity index (χ2v) is 12.6. The number of aromatic nitrogens is 3. The molecule has 1 unspecified atom stereocenters. The molecule has 0 aliphatic heterocycles. The first kappa shape index (κ1) is 29.2. The van der Waals surface area contributed by atoms with Crippen molar-refractivity contribution in [3.63, 3.8) is 0 Å². The fourth-order valence-corrected chi connectivity index (χ4v) is 6.52. The maximum Gasteiger partial charge on any atom is 0.355 e. The van der Waals surface area contributed by atoms with Crippen molar-refractivity contribution in [2.24, 2.45) is 11.1 Å². The van der Waals surface area contributed by atoms with Crippen molar-refractivity contribution in [1.29, 1.82) is 0 Å². The molecule has 3 aromatic carbocycles. The molecule has 1 aliphatic rings. The van der Waals surface area contributed by atoms with E-state index in [0.29, 0.717) is 45.9 Å². The third-order valence-electron chi connectivity index (χ3n) is 7.38. The molecular formula is C31H26ClFN4O4S2. The topological polar surface area (TPSA) is 120 Å². The lowest BCUT2D eigenvalue weighted by Gasteiger charge is -2.11. The van der Waals surface area contributed by atoms with E-state index in [9.17, 15) is 18.5 Å². The number of thiazole rings is 1. The van der Waals surface area contributed by atoms with E-state index in [1.807, 2.05) is 42.5 Å². The molecule has 2 aromatic heterocycles. The van der Waals surface area contributed by atoms with E-state index in [2.05, 4.69) is 4.98 Å². The van der Waals surface area contributed by atoms with Gasteiger partial charge in [0.1, 0.15) is 22.6 Å². The molecule has 1 atom stereocenters. The maximum absolute atomic E-state index is 14.8. The average molecular weight is 637 g/mol. The number of halogens is 2. The number of nitrogens with zero attached hydrogens (tertiary/aromatic N) is 3. The predicted molar refractivity (Wildman–Crippen MR) is 165 cm³/mol. The van der Waals surface area contributed by atoms with Gasteiger partial charge < -0.3 is 9.84 Å². The number of ether oxygens (including phenoxy) is 1. The highest BCUT2D eigenvalue weighted by Gasteiger charge is 2.29. The van der Waals surface area contributed by atoms with Crippen molar-refractivity contribution in [2.75, 3.05) is 7.11 Å². The minimum atomic E-state index is -1.94. The smallest absolute Gasteiger partial charge is 0.355 e. The fraction of sp³-hybridized carbons (Fsp3) is 0.194. The molecule has 2 heterocycles. The van der Waals surface area contributed by atoms with Crippen LogP contribution in [0.5, 0.6) is 5.75 Å². The van der Waals surface area contributed by atoms with Crippen LogP contribution in [-0.2, 0) is 23.8 Å². The van der Waals surface area contributed by atoms with Crippen LogP contribution in [0.3, 0.4) is 0 Å². The molecule has 12 heteroatoms. The Morgan fingerprint density at radius 1 is 1.16 bits per heavy atom. The van der Waals surface area contributed by atoms with Gasteiger partial charge in [-0.25, -0.2) is 28.2 Å². The Morgan fingerprint density at radius 2 is 1.93 bits per heavy atom. The molecule has 1 fully saturated rings. The highest BCUT2D eigenvalue weighted by Crippen LogP contribution is 2.39. The monoisotopic (exact) mass is 636 g/mol. The first-order valence-electron chi connectivity index (χ1n) is 13.4. The van der Waals surface area contributed by atoms with Crippen LogP contribution in [0.2, 0.25) is 5.02 Å². The quantitative estimate of drug-likeness (QED) is 0.176. The van der Waals surface area contributed by atoms with Crippen molar-refractivity contribution in [3.8, 4) is 33.3 Å². The summed E-state index contributed by atoms with van der Waals surface area (Å²) in [6.07, 6.45) is 3.21. The summed E-state index contributed by atoms with van der Waals surface area (Å²) >= 11 is 7.62. The Balaban J connectivity index is 1.51. The largest absolute Gasteiger partial charge is 0.495 e. The molecule has 8 nitrogen and oxygen atoms in total. The first-order chi connectivity index (χ1) is 20.7. The Bertz CT molecular complexity index is 1890. The molecule has 5 aromatic rings. The number of nitrogens with two attached hydrogens (primary N) is 1. The zero-order chi connectivity index (χ0) is 30.2. The minimum absolute atomic E-state index is 0.0539. The molecule has 1 aliphatic carbocycles. The second-order valence-electron chi connectivity index (χ2n) is 10.3. The molecule has 0 amide bonds. The van der Waals surface area contributed by atoms with Gasteiger partial charge in [-0.1, -0.05) is 41.9 Å². The number of carbonyl (C=O) groups is 1. The lowest BCUT2D eigenvalue weighted by molar-refractivity contribution is 0.0691. The van der Waals surface area contributed by atoms with Crippen LogP contribution in [0.4, 0.5) is 4.39 Å². The molecule has 220 valence electrons. The van der Waals surface area contributed by atoms with Crippen LogP contribution in [0.25, 0.3) is 27.5 Å². The van der Waals surface area contributed by atoms with Gasteiger partial charge in [-0.2, -0.15) is 5.10 Å². The number of hydrogen-bond acceptors (Lipinski definition) is 6. The van der Waals surface area contributed by atoms with E-state index in [1.54, 1.807) is 17.9 Å². The molecule has 1 saturated carbocycles. The minimum Gasteiger partial charge on any atom is -0.495 e. The SMILES string of the molecule is COc1ccc(-c2cccc(-c3nn(-c4nc(C(=O)O)cs4)c(CC4CC4)c3Cc3ccc(S(N)=O)c(F)c3)c2)cc1Cl. The highest BCUT2D eigenvalue weighted by molar-refractivity contribution is 7.82. The number of carboxylic acid groups (broad SMARTS) is 1. The third kappa shape index (κ3) is 6.12. The highest BCUT2D eigenvalue weighted by atomic mass is 35.5. The van der Waals surface area contributed by atoms with Crippen molar-refractivity contribution in [3.05, 3.63) is 99.4 Å². The second kappa shape index (κ2) is 12.0. The Labute approximate surface area is 258 Å². The van der Waals surface area contributed by atoms with Crippen LogP contribution >= 0.6 is 22.9 Å². The summed E-state index contributed by atoms with van der Waals surface area (Å²) < 4.78 is 33.6. The van der Waals surface area contributed by atoms with Crippen molar-refractivity contribution in [1.82, 2.24) is 14.8 Å². The summed E-state index contributed by atoms with van der Waals surface area (Å²) in [6, 6.07) is 18.0. The molecule has 0 spiro atoms. The van der Waals surface area contributed by atoms with Crippen molar-refractivity contribution < 1.29 is 23.2 Å². The first-order valence-corrected chi connectivity index (χ1v) is 15.9. The van der Waals surface area contributed by atoms with E-state index in [-0.39, 0.29) is 10.6 Å². The van der Waals surface area contributed by atoms with Gasteiger partial charge >= 0.3 is 5.97 Å². The summed E-state index contributed by atoms with van der Waals surface area (Å²) in [5, 5.41) is 22.4. The van der Waals surface area contributed by atoms with E-state index in [0.717, 1.165) is 40.8 Å². The molecule has 43 heavy (non-hydrogen) atoms. The van der Waals surface area contributed by atoms with Gasteiger partial charge in [-0.15, -0.1) is 11.3 Å². The fourth-order valence-electron chi connectivity index (χ4n) is 5.04. The van der Waals surface area contributed by atoms with E-state index in [1.165, 1.54) is 28.8 Å². The number of carboxylic acids is 1. The zero-order valence-electron chi connectivity index (χ0n) is 22.9. The number of methoxy groups -OCH3 is 1.